The molecule has 1 aromatic heterocycles. The highest BCUT2D eigenvalue weighted by Crippen LogP contribution is 2.34. The van der Waals surface area contributed by atoms with E-state index >= 15 is 0 Å². The van der Waals surface area contributed by atoms with E-state index in [0.717, 1.165) is 11.1 Å². The Morgan fingerprint density at radius 1 is 1.03 bits per heavy atom. The van der Waals surface area contributed by atoms with Gasteiger partial charge >= 0.3 is 6.18 Å². The normalized spacial score (nSPS) is 13.5. The summed E-state index contributed by atoms with van der Waals surface area (Å²) in [6, 6.07) is 15.3. The van der Waals surface area contributed by atoms with Crippen molar-refractivity contribution >= 4 is 23.0 Å². The van der Waals surface area contributed by atoms with Crippen LogP contribution in [0.2, 0.25) is 0 Å². The molecule has 0 spiro atoms. The summed E-state index contributed by atoms with van der Waals surface area (Å²) in [6.07, 6.45) is -2.76. The first-order valence-corrected chi connectivity index (χ1v) is 9.62. The summed E-state index contributed by atoms with van der Waals surface area (Å²) in [5.41, 5.74) is 3.64. The molecular weight excluding hydrogens is 423 g/mol. The Kier molecular flexibility index (Phi) is 5.81. The number of pyridine rings is 1. The monoisotopic (exact) mass is 441 g/mol. The largest absolute Gasteiger partial charge is 0.484 e. The summed E-state index contributed by atoms with van der Waals surface area (Å²) < 4.78 is 47.3. The van der Waals surface area contributed by atoms with Gasteiger partial charge in [-0.2, -0.15) is 13.2 Å². The van der Waals surface area contributed by atoms with Crippen LogP contribution < -0.4 is 14.8 Å². The molecule has 2 heterocycles. The summed E-state index contributed by atoms with van der Waals surface area (Å²) >= 11 is 0. The molecule has 1 aliphatic rings. The lowest BCUT2D eigenvalue weighted by Crippen LogP contribution is -2.19. The Labute approximate surface area is 181 Å². The minimum atomic E-state index is -4.45. The van der Waals surface area contributed by atoms with E-state index < -0.39 is 12.8 Å². The molecule has 0 unspecified atom stereocenters. The molecule has 3 aromatic rings. The number of nitrogens with zero attached hydrogens (tertiary/aromatic N) is 2. The number of methoxy groups -OCH3 is 1. The third-order valence-electron chi connectivity index (χ3n) is 4.70. The van der Waals surface area contributed by atoms with Gasteiger partial charge in [0, 0.05) is 23.9 Å². The summed E-state index contributed by atoms with van der Waals surface area (Å²) in [7, 11) is 1.54. The number of rotatable bonds is 5. The number of alkyl halides is 3. The quantitative estimate of drug-likeness (QED) is 0.594. The van der Waals surface area contributed by atoms with Crippen molar-refractivity contribution in [3.05, 3.63) is 66.4 Å². The highest BCUT2D eigenvalue weighted by atomic mass is 19.4. The van der Waals surface area contributed by atoms with Crippen molar-refractivity contribution in [3.63, 3.8) is 0 Å². The maximum absolute atomic E-state index is 12.5. The Morgan fingerprint density at radius 2 is 1.84 bits per heavy atom. The second-order valence-corrected chi connectivity index (χ2v) is 7.04. The number of anilines is 1. The van der Waals surface area contributed by atoms with E-state index in [1.807, 2.05) is 30.3 Å². The van der Waals surface area contributed by atoms with Crippen LogP contribution >= 0.6 is 0 Å². The van der Waals surface area contributed by atoms with Crippen LogP contribution in [0, 0.1) is 0 Å². The Bertz CT molecular complexity index is 1180. The number of benzene rings is 2. The average Bonchev–Trinajstić information content (AvgIpc) is 2.95. The van der Waals surface area contributed by atoms with Gasteiger partial charge in [-0.25, -0.2) is 9.98 Å². The molecule has 0 bridgehead atoms. The molecule has 0 saturated carbocycles. The molecule has 2 aromatic carbocycles. The molecule has 32 heavy (non-hydrogen) atoms. The molecule has 0 aliphatic carbocycles. The lowest BCUT2D eigenvalue weighted by atomic mass is 10.0. The van der Waals surface area contributed by atoms with Crippen LogP contribution in [0.3, 0.4) is 0 Å². The smallest absolute Gasteiger partial charge is 0.422 e. The summed E-state index contributed by atoms with van der Waals surface area (Å²) in [4.78, 5) is 21.2. The van der Waals surface area contributed by atoms with E-state index in [1.165, 1.54) is 25.3 Å². The first-order valence-electron chi connectivity index (χ1n) is 9.62. The topological polar surface area (TPSA) is 72.8 Å². The van der Waals surface area contributed by atoms with Crippen LogP contribution in [-0.4, -0.2) is 36.5 Å². The van der Waals surface area contributed by atoms with Crippen LogP contribution in [0.4, 0.5) is 24.5 Å². The van der Waals surface area contributed by atoms with Crippen LogP contribution in [0.25, 0.3) is 11.1 Å². The molecule has 9 heteroatoms. The first kappa shape index (κ1) is 21.4. The van der Waals surface area contributed by atoms with Crippen molar-refractivity contribution in [1.82, 2.24) is 4.98 Å². The van der Waals surface area contributed by atoms with E-state index in [4.69, 9.17) is 9.47 Å². The second-order valence-electron chi connectivity index (χ2n) is 7.04. The fraction of sp³-hybridized carbons (Fsp3) is 0.174. The number of carbonyl (C=O) groups excluding carboxylic acids is 1. The molecule has 1 amide bonds. The number of hydrogen-bond donors (Lipinski definition) is 1. The molecule has 164 valence electrons. The molecule has 0 atom stereocenters. The lowest BCUT2D eigenvalue weighted by Gasteiger charge is -2.11. The fourth-order valence-corrected chi connectivity index (χ4v) is 3.21. The van der Waals surface area contributed by atoms with Gasteiger partial charge in [0.15, 0.2) is 6.61 Å². The summed E-state index contributed by atoms with van der Waals surface area (Å²) in [5.74, 6) is 0.233. The maximum Gasteiger partial charge on any atom is 0.422 e. The Balaban J connectivity index is 1.67. The van der Waals surface area contributed by atoms with Gasteiger partial charge in [-0.15, -0.1) is 0 Å². The Morgan fingerprint density at radius 3 is 2.56 bits per heavy atom. The van der Waals surface area contributed by atoms with Gasteiger partial charge in [-0.05, 0) is 35.4 Å². The van der Waals surface area contributed by atoms with Crippen molar-refractivity contribution in [2.45, 2.75) is 12.6 Å². The van der Waals surface area contributed by atoms with Crippen LogP contribution in [0.5, 0.6) is 11.6 Å². The molecule has 4 rings (SSSR count). The van der Waals surface area contributed by atoms with E-state index in [2.05, 4.69) is 15.3 Å². The predicted octanol–water partition coefficient (Wildman–Crippen LogP) is 5.16. The molecule has 1 N–H and O–H groups in total. The highest BCUT2D eigenvalue weighted by Gasteiger charge is 2.28. The highest BCUT2D eigenvalue weighted by molar-refractivity contribution is 6.17. The average molecular weight is 441 g/mol. The van der Waals surface area contributed by atoms with Crippen LogP contribution in [0.1, 0.15) is 12.0 Å². The Hall–Kier alpha value is -3.88. The van der Waals surface area contributed by atoms with Crippen molar-refractivity contribution in [2.75, 3.05) is 19.0 Å². The number of aromatic nitrogens is 1. The number of fused-ring (bicyclic) bond motifs is 1. The molecule has 0 radical (unpaired) electrons. The van der Waals surface area contributed by atoms with E-state index in [-0.39, 0.29) is 18.1 Å². The SMILES string of the molecule is COc1ccc(-c2cccc(C3=Nc4cc(OCC(F)(F)F)ccc4NC(=O)C3)c2)cn1. The fourth-order valence-electron chi connectivity index (χ4n) is 3.21. The molecule has 0 fully saturated rings. The lowest BCUT2D eigenvalue weighted by molar-refractivity contribution is -0.153. The minimum absolute atomic E-state index is 0.0116. The van der Waals surface area contributed by atoms with Gasteiger partial charge in [0.1, 0.15) is 5.75 Å². The first-order chi connectivity index (χ1) is 15.3. The van der Waals surface area contributed by atoms with E-state index in [9.17, 15) is 18.0 Å². The predicted molar refractivity (Wildman–Crippen MR) is 114 cm³/mol. The van der Waals surface area contributed by atoms with Gasteiger partial charge in [0.05, 0.1) is 30.6 Å². The third kappa shape index (κ3) is 5.05. The van der Waals surface area contributed by atoms with Gasteiger partial charge in [-0.3, -0.25) is 4.79 Å². The molecule has 1 aliphatic heterocycles. The van der Waals surface area contributed by atoms with Crippen molar-refractivity contribution in [3.8, 4) is 22.8 Å². The summed E-state index contributed by atoms with van der Waals surface area (Å²) in [6.45, 7) is -1.41. The number of ether oxygens (including phenoxy) is 2. The number of halogens is 3. The molecule has 6 nitrogen and oxygen atoms in total. The zero-order valence-corrected chi connectivity index (χ0v) is 16.9. The zero-order chi connectivity index (χ0) is 22.7. The van der Waals surface area contributed by atoms with Crippen molar-refractivity contribution in [2.24, 2.45) is 4.99 Å². The van der Waals surface area contributed by atoms with E-state index in [1.54, 1.807) is 12.3 Å². The summed E-state index contributed by atoms with van der Waals surface area (Å²) in [5, 5.41) is 2.73. The van der Waals surface area contributed by atoms with Crippen LogP contribution in [0.15, 0.2) is 65.8 Å². The second kappa shape index (κ2) is 8.70. The molecule has 0 saturated heterocycles. The van der Waals surface area contributed by atoms with Crippen LogP contribution in [-0.2, 0) is 4.79 Å². The maximum atomic E-state index is 12.5. The van der Waals surface area contributed by atoms with Gasteiger partial charge < -0.3 is 14.8 Å². The van der Waals surface area contributed by atoms with Gasteiger partial charge in [0.2, 0.25) is 11.8 Å². The minimum Gasteiger partial charge on any atom is -0.484 e. The van der Waals surface area contributed by atoms with Gasteiger partial charge in [-0.1, -0.05) is 18.2 Å². The zero-order valence-electron chi connectivity index (χ0n) is 16.9. The standard InChI is InChI=1S/C23H18F3N3O3/c1-31-22-8-5-16(12-27-22)14-3-2-4-15(9-14)19-11-21(30)29-18-7-6-17(10-20(18)28-19)32-13-23(24,25)26/h2-10,12H,11,13H2,1H3,(H,29,30). The number of amides is 1. The van der Waals surface area contributed by atoms with Crippen molar-refractivity contribution < 1.29 is 27.4 Å². The molecular formula is C23H18F3N3O3. The van der Waals surface area contributed by atoms with Gasteiger partial charge in [0.25, 0.3) is 0 Å². The van der Waals surface area contributed by atoms with E-state index in [0.29, 0.717) is 28.5 Å². The van der Waals surface area contributed by atoms with Crippen molar-refractivity contribution in [1.29, 1.82) is 0 Å². The number of carbonyl (C=O) groups is 1. The number of nitrogens with one attached hydrogen (secondary N) is 1. The third-order valence-corrected chi connectivity index (χ3v) is 4.70. The number of hydrogen-bond acceptors (Lipinski definition) is 5. The number of aliphatic imine (C=N–C) groups is 1.